The van der Waals surface area contributed by atoms with Crippen molar-refractivity contribution in [2.24, 2.45) is 47.3 Å². The molecule has 2 spiro atoms. The minimum Gasteiger partial charge on any atom is -0.277 e. The molecule has 6 heteroatoms. The Hall–Kier alpha value is -12.6. The summed E-state index contributed by atoms with van der Waals surface area (Å²) in [4.78, 5) is 21.2. The van der Waals surface area contributed by atoms with Crippen molar-refractivity contribution >= 4 is 97.7 Å². The molecule has 4 heterocycles. The number of rotatable bonds is 6. The third kappa shape index (κ3) is 8.92. The van der Waals surface area contributed by atoms with Crippen LogP contribution in [0.5, 0.6) is 0 Å². The van der Waals surface area contributed by atoms with Crippen molar-refractivity contribution in [2.45, 2.75) is 75.0 Å². The molecule has 0 N–H and O–H groups in total. The first kappa shape index (κ1) is 59.2. The molecule has 8 saturated carbocycles. The van der Waals surface area contributed by atoms with Crippen LogP contribution in [0.1, 0.15) is 93.3 Å². The molecule has 0 radical (unpaired) electrons. The van der Waals surface area contributed by atoms with Crippen molar-refractivity contribution in [3.8, 4) is 78.9 Å². The Kier molecular flexibility index (Phi) is 12.4. The van der Waals surface area contributed by atoms with E-state index in [9.17, 15) is 0 Å². The lowest BCUT2D eigenvalue weighted by Crippen LogP contribution is -2.55. The van der Waals surface area contributed by atoms with Crippen LogP contribution in [0, 0.1) is 47.3 Å². The van der Waals surface area contributed by atoms with Gasteiger partial charge in [-0.15, -0.1) is 0 Å². The second-order valence-electron chi connectivity index (χ2n) is 34.8. The SMILES string of the molecule is [2H]c1c([2H])c([2H])c(-c2nc(-n3c4ccc(-c5ccc6c(c5)-c5ccccc5C65C6CC7CC(C6)CC5C7)cc4c4ccc5ccccc5c43)nc3ccccc23)c([2H])c1[2H].c1ccc2c(c1)-c1cc(-c3ccc4c(c3)c3ccc5ccccc5c3n4-c3nc(-c4cccc5ccccc45)c4ccccc4n3)ccc1C21C2CC3CC(C2)CC1C3. The second kappa shape index (κ2) is 24.0. The zero-order valence-corrected chi connectivity index (χ0v) is 63.0. The summed E-state index contributed by atoms with van der Waals surface area (Å²) in [6, 6.07) is 103. The predicted octanol–water partition coefficient (Wildman–Crippen LogP) is 27.0. The molecule has 0 aliphatic heterocycles. The predicted molar refractivity (Wildman–Crippen MR) is 469 cm³/mol. The van der Waals surface area contributed by atoms with Gasteiger partial charge in [-0.3, -0.25) is 9.13 Å². The average molecular weight is 1470 g/mol. The Labute approximate surface area is 668 Å². The molecule has 4 aromatic heterocycles. The van der Waals surface area contributed by atoms with Gasteiger partial charge < -0.3 is 0 Å². The number of benzene rings is 15. The fraction of sp³-hybridized carbons (Fsp3) is 0.185. The second-order valence-corrected chi connectivity index (χ2v) is 34.8. The Bertz CT molecular complexity index is 7610. The molecule has 8 bridgehead atoms. The maximum absolute atomic E-state index is 8.91. The van der Waals surface area contributed by atoms with Gasteiger partial charge >= 0.3 is 0 Å². The molecule has 29 rings (SSSR count). The summed E-state index contributed by atoms with van der Waals surface area (Å²) in [6.07, 6.45) is 14.0. The van der Waals surface area contributed by atoms with Gasteiger partial charge in [-0.2, -0.15) is 0 Å². The standard InChI is InChI=1S/C56H41N3.C52H39N3/c1-3-13-41-35(10-1)12-9-17-44(41)53-46-16-6-8-19-51(46)57-55(58-53)59-52-25-22-38(32-48(52)45-23-20-36-11-2-4-14-42(36)54(45)59)37-21-24-50-47(31-37)43-15-5-7-18-49(43)56(50)39-27-33-26-34(29-39)30-40(56)28-33;1-2-11-34(12-3-1)49-42-15-7-9-17-47(42)53-51(54-49)55-48-23-20-36(30-44(48)41-21-18-33-10-4-5-13-39(33)50(41)55)35-19-22-46-43(29-35)40-14-6-8-16-45(40)52(46)37-25-31-24-32(27-37)28-38(52)26-31/h1-25,31-34,39-40H,26-30H2;1-23,29-32,37-38H,24-28H2/i;1D,2D,3D,11D,12D. The van der Waals surface area contributed by atoms with E-state index in [0.717, 1.165) is 119 Å². The number of nitrogens with zero attached hydrogens (tertiary/aromatic N) is 6. The Morgan fingerprint density at radius 1 is 0.263 bits per heavy atom. The van der Waals surface area contributed by atoms with Crippen molar-refractivity contribution < 1.29 is 6.85 Å². The van der Waals surface area contributed by atoms with Gasteiger partial charge in [0.15, 0.2) is 0 Å². The van der Waals surface area contributed by atoms with E-state index in [2.05, 4.69) is 258 Å². The van der Waals surface area contributed by atoms with Crippen LogP contribution >= 0.6 is 0 Å². The largest absolute Gasteiger partial charge is 0.277 e. The van der Waals surface area contributed by atoms with Gasteiger partial charge in [0.25, 0.3) is 0 Å². The third-order valence-corrected chi connectivity index (χ3v) is 29.4. The van der Waals surface area contributed by atoms with Crippen molar-refractivity contribution in [2.75, 3.05) is 0 Å². The molecular formula is C108H80N6. The highest BCUT2D eigenvalue weighted by atomic mass is 15.2. The Morgan fingerprint density at radius 2 is 0.640 bits per heavy atom. The Morgan fingerprint density at radius 3 is 1.14 bits per heavy atom. The smallest absolute Gasteiger partial charge is 0.235 e. The van der Waals surface area contributed by atoms with E-state index in [-0.39, 0.29) is 28.5 Å². The summed E-state index contributed by atoms with van der Waals surface area (Å²) >= 11 is 0. The van der Waals surface area contributed by atoms with Crippen molar-refractivity contribution in [1.29, 1.82) is 0 Å². The molecule has 19 aromatic rings. The molecule has 15 aromatic carbocycles. The van der Waals surface area contributed by atoms with E-state index in [4.69, 9.17) is 26.8 Å². The molecule has 10 aliphatic carbocycles. The van der Waals surface area contributed by atoms with Crippen molar-refractivity contribution in [3.05, 3.63) is 338 Å². The van der Waals surface area contributed by atoms with E-state index in [1.165, 1.54) is 135 Å². The molecule has 0 atom stereocenters. The molecule has 0 unspecified atom stereocenters. The van der Waals surface area contributed by atoms with Gasteiger partial charge in [0, 0.05) is 65.0 Å². The number of hydrogen-bond donors (Lipinski definition) is 0. The minimum atomic E-state index is -0.433. The first-order chi connectivity index (χ1) is 58.5. The summed E-state index contributed by atoms with van der Waals surface area (Å²) in [5, 5.41) is 13.1. The minimum absolute atomic E-state index is 0.0578. The quantitative estimate of drug-likeness (QED) is 0.166. The van der Waals surface area contributed by atoms with E-state index in [0.29, 0.717) is 28.5 Å². The van der Waals surface area contributed by atoms with Crippen LogP contribution in [0.25, 0.3) is 177 Å². The molecule has 6 nitrogen and oxygen atoms in total. The van der Waals surface area contributed by atoms with Crippen LogP contribution in [0.4, 0.5) is 0 Å². The van der Waals surface area contributed by atoms with Gasteiger partial charge in [-0.1, -0.05) is 267 Å². The zero-order valence-electron chi connectivity index (χ0n) is 68.0. The van der Waals surface area contributed by atoms with Gasteiger partial charge in [0.05, 0.1) is 51.3 Å². The van der Waals surface area contributed by atoms with E-state index < -0.39 is 18.1 Å². The lowest BCUT2D eigenvalue weighted by atomic mass is 9.43. The maximum Gasteiger partial charge on any atom is 0.235 e. The van der Waals surface area contributed by atoms with Crippen LogP contribution in [0.3, 0.4) is 0 Å². The lowest BCUT2D eigenvalue weighted by molar-refractivity contribution is -0.0399. The first-order valence-corrected chi connectivity index (χ1v) is 41.5. The molecular weight excluding hydrogens is 1380 g/mol. The summed E-state index contributed by atoms with van der Waals surface area (Å²) in [5.41, 5.74) is 25.3. The Balaban J connectivity index is 0.000000129. The summed E-state index contributed by atoms with van der Waals surface area (Å²) < 4.78 is 47.5. The van der Waals surface area contributed by atoms with Gasteiger partial charge in [-0.05, 0) is 248 Å². The van der Waals surface area contributed by atoms with E-state index in [1.807, 2.05) is 36.4 Å². The van der Waals surface area contributed by atoms with Crippen LogP contribution in [0.15, 0.2) is 315 Å². The average Bonchev–Trinajstić information content (AvgIpc) is 1.54. The van der Waals surface area contributed by atoms with E-state index >= 15 is 0 Å². The zero-order chi connectivity index (χ0) is 78.6. The highest BCUT2D eigenvalue weighted by Crippen LogP contribution is 2.71. The van der Waals surface area contributed by atoms with Crippen LogP contribution in [0.2, 0.25) is 0 Å². The monoisotopic (exact) mass is 1470 g/mol. The molecule has 0 amide bonds. The third-order valence-electron chi connectivity index (χ3n) is 29.4. The molecule has 8 fully saturated rings. The van der Waals surface area contributed by atoms with Crippen molar-refractivity contribution in [3.63, 3.8) is 0 Å². The summed E-state index contributed by atoms with van der Waals surface area (Å²) in [6.45, 7) is 0. The van der Waals surface area contributed by atoms with Gasteiger partial charge in [0.1, 0.15) is 0 Å². The van der Waals surface area contributed by atoms with Crippen LogP contribution in [-0.4, -0.2) is 29.1 Å². The number of aromatic nitrogens is 6. The normalized spacial score (nSPS) is 23.6. The fourth-order valence-electron chi connectivity index (χ4n) is 25.5. The molecule has 10 aliphatic rings. The summed E-state index contributed by atoms with van der Waals surface area (Å²) in [7, 11) is 0. The topological polar surface area (TPSA) is 61.4 Å². The number of hydrogen-bond acceptors (Lipinski definition) is 4. The lowest BCUT2D eigenvalue weighted by Gasteiger charge is -2.61. The highest BCUT2D eigenvalue weighted by Gasteiger charge is 2.63. The van der Waals surface area contributed by atoms with Crippen LogP contribution in [-0.2, 0) is 10.8 Å². The van der Waals surface area contributed by atoms with Gasteiger partial charge in [0.2, 0.25) is 11.9 Å². The van der Waals surface area contributed by atoms with E-state index in [1.54, 1.807) is 22.3 Å². The number of para-hydroxylation sites is 2. The molecule has 542 valence electrons. The first-order valence-electron chi connectivity index (χ1n) is 44.0. The molecule has 114 heavy (non-hydrogen) atoms. The fourth-order valence-corrected chi connectivity index (χ4v) is 25.5. The highest BCUT2D eigenvalue weighted by molar-refractivity contribution is 6.21. The molecule has 0 saturated heterocycles. The van der Waals surface area contributed by atoms with Crippen molar-refractivity contribution in [1.82, 2.24) is 29.1 Å². The van der Waals surface area contributed by atoms with Gasteiger partial charge in [-0.25, -0.2) is 19.9 Å². The maximum atomic E-state index is 8.91. The number of fused-ring (bicyclic) bond motifs is 19. The summed E-state index contributed by atoms with van der Waals surface area (Å²) in [5.74, 6) is 7.71. The van der Waals surface area contributed by atoms with Crippen LogP contribution < -0.4 is 0 Å².